The minimum Gasteiger partial charge on any atom is -0.324 e. The Bertz CT molecular complexity index is 628. The van der Waals surface area contributed by atoms with E-state index in [0.29, 0.717) is 12.1 Å². The molecule has 1 heterocycles. The molecule has 3 N–H and O–H groups in total. The van der Waals surface area contributed by atoms with Crippen molar-refractivity contribution < 1.29 is 13.2 Å². The van der Waals surface area contributed by atoms with E-state index in [1.807, 2.05) is 25.1 Å². The van der Waals surface area contributed by atoms with Crippen molar-refractivity contribution in [1.29, 1.82) is 0 Å². The second-order valence-electron chi connectivity index (χ2n) is 5.51. The van der Waals surface area contributed by atoms with Gasteiger partial charge in [0.25, 0.3) is 0 Å². The van der Waals surface area contributed by atoms with Crippen LogP contribution < -0.4 is 11.1 Å². The van der Waals surface area contributed by atoms with Crippen molar-refractivity contribution in [2.75, 3.05) is 23.9 Å². The molecule has 6 nitrogen and oxygen atoms in total. The van der Waals surface area contributed by atoms with E-state index in [9.17, 15) is 13.2 Å². The van der Waals surface area contributed by atoms with E-state index in [1.54, 1.807) is 13.1 Å². The summed E-state index contributed by atoms with van der Waals surface area (Å²) in [4.78, 5) is 13.6. The van der Waals surface area contributed by atoms with Gasteiger partial charge in [-0.3, -0.25) is 0 Å². The standard InChI is InChI=1S/C14H21N3O3S/c1-10(15)11-4-3-5-12(8-11)16-14(18)17(2)13-6-7-21(19,20)9-13/h3-5,8,10,13H,6-7,9,15H2,1-2H3,(H,16,18). The Balaban J connectivity index is 2.03. The zero-order chi connectivity index (χ0) is 15.6. The summed E-state index contributed by atoms with van der Waals surface area (Å²) < 4.78 is 22.9. The molecule has 2 amide bonds. The number of sulfone groups is 1. The number of anilines is 1. The van der Waals surface area contributed by atoms with Crippen LogP contribution in [0.15, 0.2) is 24.3 Å². The number of hydrogen-bond acceptors (Lipinski definition) is 4. The lowest BCUT2D eigenvalue weighted by atomic mass is 10.1. The Morgan fingerprint density at radius 1 is 1.48 bits per heavy atom. The minimum absolute atomic E-state index is 0.0385. The highest BCUT2D eigenvalue weighted by molar-refractivity contribution is 7.91. The Labute approximate surface area is 125 Å². The van der Waals surface area contributed by atoms with Crippen molar-refractivity contribution in [1.82, 2.24) is 4.90 Å². The smallest absolute Gasteiger partial charge is 0.321 e. The summed E-state index contributed by atoms with van der Waals surface area (Å²) in [6.07, 6.45) is 0.492. The lowest BCUT2D eigenvalue weighted by Crippen LogP contribution is -2.40. The highest BCUT2D eigenvalue weighted by Gasteiger charge is 2.32. The second kappa shape index (κ2) is 6.03. The molecule has 0 saturated carbocycles. The van der Waals surface area contributed by atoms with E-state index in [-0.39, 0.29) is 29.6 Å². The number of benzene rings is 1. The zero-order valence-electron chi connectivity index (χ0n) is 12.2. The van der Waals surface area contributed by atoms with Crippen LogP contribution in [0.25, 0.3) is 0 Å². The van der Waals surface area contributed by atoms with Gasteiger partial charge in [0.15, 0.2) is 9.84 Å². The molecule has 1 saturated heterocycles. The van der Waals surface area contributed by atoms with Gasteiger partial charge < -0.3 is 16.0 Å². The fraction of sp³-hybridized carbons (Fsp3) is 0.500. The highest BCUT2D eigenvalue weighted by Crippen LogP contribution is 2.19. The van der Waals surface area contributed by atoms with Gasteiger partial charge in [0.2, 0.25) is 0 Å². The lowest BCUT2D eigenvalue weighted by Gasteiger charge is -2.24. The van der Waals surface area contributed by atoms with E-state index in [4.69, 9.17) is 5.73 Å². The zero-order valence-corrected chi connectivity index (χ0v) is 13.1. The second-order valence-corrected chi connectivity index (χ2v) is 7.74. The summed E-state index contributed by atoms with van der Waals surface area (Å²) in [6, 6.07) is 6.65. The Kier molecular flexibility index (Phi) is 4.53. The molecule has 0 bridgehead atoms. The molecule has 0 radical (unpaired) electrons. The summed E-state index contributed by atoms with van der Waals surface area (Å²) in [5, 5.41) is 2.78. The van der Waals surface area contributed by atoms with Crippen molar-refractivity contribution >= 4 is 21.6 Å². The molecular formula is C14H21N3O3S. The number of nitrogens with one attached hydrogen (secondary N) is 1. The average molecular weight is 311 g/mol. The van der Waals surface area contributed by atoms with Gasteiger partial charge in [0.05, 0.1) is 11.5 Å². The maximum atomic E-state index is 12.2. The minimum atomic E-state index is -3.00. The molecule has 1 aromatic carbocycles. The van der Waals surface area contributed by atoms with Crippen LogP contribution in [0.5, 0.6) is 0 Å². The van der Waals surface area contributed by atoms with Gasteiger partial charge >= 0.3 is 6.03 Å². The molecular weight excluding hydrogens is 290 g/mol. The number of nitrogens with zero attached hydrogens (tertiary/aromatic N) is 1. The van der Waals surface area contributed by atoms with Gasteiger partial charge in [0.1, 0.15) is 0 Å². The highest BCUT2D eigenvalue weighted by atomic mass is 32.2. The van der Waals surface area contributed by atoms with Crippen LogP contribution in [-0.4, -0.2) is 43.9 Å². The third-order valence-electron chi connectivity index (χ3n) is 3.74. The Hall–Kier alpha value is -1.60. The molecule has 21 heavy (non-hydrogen) atoms. The first-order valence-corrected chi connectivity index (χ1v) is 8.70. The molecule has 1 aliphatic heterocycles. The molecule has 2 atom stereocenters. The molecule has 7 heteroatoms. The van der Waals surface area contributed by atoms with Crippen molar-refractivity contribution in [3.8, 4) is 0 Å². The van der Waals surface area contributed by atoms with Crippen LogP contribution in [0.4, 0.5) is 10.5 Å². The number of rotatable bonds is 3. The fourth-order valence-corrected chi connectivity index (χ4v) is 4.13. The number of urea groups is 1. The molecule has 0 aromatic heterocycles. The van der Waals surface area contributed by atoms with E-state index in [2.05, 4.69) is 5.32 Å². The van der Waals surface area contributed by atoms with Crippen LogP contribution in [-0.2, 0) is 9.84 Å². The predicted octanol–water partition coefficient (Wildman–Crippen LogP) is 1.36. The molecule has 0 spiro atoms. The van der Waals surface area contributed by atoms with Crippen LogP contribution in [0.2, 0.25) is 0 Å². The maximum Gasteiger partial charge on any atom is 0.321 e. The van der Waals surface area contributed by atoms with E-state index >= 15 is 0 Å². The van der Waals surface area contributed by atoms with Gasteiger partial charge in [-0.25, -0.2) is 13.2 Å². The molecule has 1 fully saturated rings. The van der Waals surface area contributed by atoms with Crippen LogP contribution in [0, 0.1) is 0 Å². The van der Waals surface area contributed by atoms with Crippen LogP contribution in [0.1, 0.15) is 24.9 Å². The quantitative estimate of drug-likeness (QED) is 0.881. The summed E-state index contributed by atoms with van der Waals surface area (Å²) >= 11 is 0. The molecule has 1 aliphatic rings. The van der Waals surface area contributed by atoms with Gasteiger partial charge in [-0.2, -0.15) is 0 Å². The van der Waals surface area contributed by atoms with E-state index in [1.165, 1.54) is 4.90 Å². The summed E-state index contributed by atoms with van der Waals surface area (Å²) in [5.41, 5.74) is 7.40. The fourth-order valence-electron chi connectivity index (χ4n) is 2.36. The first-order chi connectivity index (χ1) is 9.78. The summed E-state index contributed by atoms with van der Waals surface area (Å²) in [5.74, 6) is 0.187. The summed E-state index contributed by atoms with van der Waals surface area (Å²) in [6.45, 7) is 1.87. The van der Waals surface area contributed by atoms with Crippen LogP contribution >= 0.6 is 0 Å². The van der Waals surface area contributed by atoms with E-state index in [0.717, 1.165) is 5.56 Å². The largest absolute Gasteiger partial charge is 0.324 e. The van der Waals surface area contributed by atoms with Crippen molar-refractivity contribution in [2.24, 2.45) is 5.73 Å². The third kappa shape index (κ3) is 3.95. The predicted molar refractivity (Wildman–Crippen MR) is 82.9 cm³/mol. The first-order valence-electron chi connectivity index (χ1n) is 6.88. The summed E-state index contributed by atoms with van der Waals surface area (Å²) in [7, 11) is -1.38. The van der Waals surface area contributed by atoms with Crippen molar-refractivity contribution in [3.05, 3.63) is 29.8 Å². The molecule has 2 rings (SSSR count). The molecule has 2 unspecified atom stereocenters. The van der Waals surface area contributed by atoms with Crippen molar-refractivity contribution in [3.63, 3.8) is 0 Å². The first kappa shape index (κ1) is 15.8. The number of hydrogen-bond donors (Lipinski definition) is 2. The normalized spacial score (nSPS) is 21.8. The molecule has 0 aliphatic carbocycles. The average Bonchev–Trinajstić information content (AvgIpc) is 2.78. The lowest BCUT2D eigenvalue weighted by molar-refractivity contribution is 0.209. The van der Waals surface area contributed by atoms with Crippen LogP contribution in [0.3, 0.4) is 0 Å². The van der Waals surface area contributed by atoms with E-state index < -0.39 is 9.84 Å². The van der Waals surface area contributed by atoms with Gasteiger partial charge in [0, 0.05) is 24.8 Å². The van der Waals surface area contributed by atoms with Gasteiger partial charge in [-0.15, -0.1) is 0 Å². The molecule has 116 valence electrons. The van der Waals surface area contributed by atoms with Gasteiger partial charge in [-0.1, -0.05) is 12.1 Å². The van der Waals surface area contributed by atoms with Gasteiger partial charge in [-0.05, 0) is 31.0 Å². The number of amides is 2. The Morgan fingerprint density at radius 2 is 2.19 bits per heavy atom. The van der Waals surface area contributed by atoms with Crippen molar-refractivity contribution in [2.45, 2.75) is 25.4 Å². The SMILES string of the molecule is CC(N)c1cccc(NC(=O)N(C)C2CCS(=O)(=O)C2)c1. The third-order valence-corrected chi connectivity index (χ3v) is 5.49. The Morgan fingerprint density at radius 3 is 2.76 bits per heavy atom. The molecule has 1 aromatic rings. The monoisotopic (exact) mass is 311 g/mol. The maximum absolute atomic E-state index is 12.2. The topological polar surface area (TPSA) is 92.5 Å². The number of nitrogens with two attached hydrogens (primary N) is 1. The number of carbonyl (C=O) groups is 1. The number of carbonyl (C=O) groups excluding carboxylic acids is 1.